The molecule has 0 aromatic carbocycles. The number of carbonyl (C=O) groups excluding carboxylic acids is 2. The highest BCUT2D eigenvalue weighted by atomic mass is 79.9. The van der Waals surface area contributed by atoms with Crippen LogP contribution in [0, 0.1) is 11.3 Å². The number of alkyl halides is 2. The van der Waals surface area contributed by atoms with E-state index in [1.54, 1.807) is 27.7 Å². The van der Waals surface area contributed by atoms with E-state index in [4.69, 9.17) is 21.1 Å². The summed E-state index contributed by atoms with van der Waals surface area (Å²) in [5.41, 5.74) is -0.796. The molecular formula is C13H20BrClO4. The minimum Gasteiger partial charge on any atom is -0.464 e. The molecule has 6 heteroatoms. The maximum Gasteiger partial charge on any atom is 0.315 e. The van der Waals surface area contributed by atoms with E-state index in [1.807, 2.05) is 0 Å². The first-order valence-electron chi connectivity index (χ1n) is 5.82. The van der Waals surface area contributed by atoms with Gasteiger partial charge in [-0.1, -0.05) is 6.08 Å². The summed E-state index contributed by atoms with van der Waals surface area (Å²) in [6.45, 7) is 10.2. The largest absolute Gasteiger partial charge is 0.464 e. The highest BCUT2D eigenvalue weighted by molar-refractivity contribution is 9.10. The third-order valence-corrected chi connectivity index (χ3v) is 2.85. The van der Waals surface area contributed by atoms with Gasteiger partial charge in [0.2, 0.25) is 0 Å². The van der Waals surface area contributed by atoms with Gasteiger partial charge in [-0.15, -0.1) is 18.2 Å². The van der Waals surface area contributed by atoms with Crippen molar-refractivity contribution in [3.8, 4) is 0 Å². The summed E-state index contributed by atoms with van der Waals surface area (Å²) in [5, 5.41) is 0. The molecular weight excluding hydrogens is 335 g/mol. The van der Waals surface area contributed by atoms with E-state index in [2.05, 4.69) is 22.5 Å². The zero-order valence-corrected chi connectivity index (χ0v) is 14.0. The fourth-order valence-corrected chi connectivity index (χ4v) is 1.32. The summed E-state index contributed by atoms with van der Waals surface area (Å²) in [7, 11) is 0. The van der Waals surface area contributed by atoms with Crippen LogP contribution in [0.15, 0.2) is 12.7 Å². The molecule has 4 nitrogen and oxygen atoms in total. The standard InChI is InChI=1S/C13H20BrClO4/c1-6-12(2,3)11(17)18-8-9(7-15)10(16)19-13(4,5)14/h6,9H,1,7-8H2,2-5H3. The van der Waals surface area contributed by atoms with E-state index in [0.29, 0.717) is 0 Å². The van der Waals surface area contributed by atoms with Crippen LogP contribution < -0.4 is 0 Å². The molecule has 0 heterocycles. The zero-order chi connectivity index (χ0) is 15.3. The summed E-state index contributed by atoms with van der Waals surface area (Å²) in [6, 6.07) is 0. The van der Waals surface area contributed by atoms with E-state index in [-0.39, 0.29) is 12.5 Å². The zero-order valence-electron chi connectivity index (χ0n) is 11.7. The Morgan fingerprint density at radius 1 is 1.37 bits per heavy atom. The van der Waals surface area contributed by atoms with Crippen LogP contribution in [-0.2, 0) is 19.1 Å². The number of rotatable bonds is 7. The molecule has 0 aliphatic rings. The second-order valence-corrected chi connectivity index (χ2v) is 7.38. The average Bonchev–Trinajstić information content (AvgIpc) is 2.27. The summed E-state index contributed by atoms with van der Waals surface area (Å²) in [5.74, 6) is -1.64. The van der Waals surface area contributed by atoms with Crippen LogP contribution in [0.25, 0.3) is 0 Å². The smallest absolute Gasteiger partial charge is 0.315 e. The van der Waals surface area contributed by atoms with Crippen molar-refractivity contribution in [2.75, 3.05) is 12.5 Å². The van der Waals surface area contributed by atoms with Gasteiger partial charge >= 0.3 is 11.9 Å². The molecule has 0 bridgehead atoms. The Kier molecular flexibility index (Phi) is 7.08. The number of ether oxygens (including phenoxy) is 2. The Labute approximate surface area is 127 Å². The lowest BCUT2D eigenvalue weighted by molar-refractivity contribution is -0.160. The van der Waals surface area contributed by atoms with E-state index in [0.717, 1.165) is 0 Å². The Bertz CT molecular complexity index is 347. The van der Waals surface area contributed by atoms with E-state index in [1.165, 1.54) is 6.08 Å². The summed E-state index contributed by atoms with van der Waals surface area (Å²) < 4.78 is 9.41. The number of hydrogen-bond acceptors (Lipinski definition) is 4. The van der Waals surface area contributed by atoms with Gasteiger partial charge in [0.25, 0.3) is 0 Å². The Hall–Kier alpha value is -0.550. The molecule has 19 heavy (non-hydrogen) atoms. The highest BCUT2D eigenvalue weighted by Crippen LogP contribution is 2.22. The fourth-order valence-electron chi connectivity index (χ4n) is 0.944. The maximum absolute atomic E-state index is 11.8. The van der Waals surface area contributed by atoms with Crippen molar-refractivity contribution in [3.63, 3.8) is 0 Å². The number of hydrogen-bond donors (Lipinski definition) is 0. The topological polar surface area (TPSA) is 52.6 Å². The normalized spacial score (nSPS) is 13.6. The minimum atomic E-state index is -0.796. The quantitative estimate of drug-likeness (QED) is 0.399. The van der Waals surface area contributed by atoms with Gasteiger partial charge in [-0.25, -0.2) is 0 Å². The summed E-state index contributed by atoms with van der Waals surface area (Å²) in [4.78, 5) is 23.5. The molecule has 0 spiro atoms. The molecule has 0 N–H and O–H groups in total. The van der Waals surface area contributed by atoms with Gasteiger partial charge < -0.3 is 9.47 Å². The van der Waals surface area contributed by atoms with Crippen LogP contribution in [0.5, 0.6) is 0 Å². The van der Waals surface area contributed by atoms with Crippen molar-refractivity contribution in [2.24, 2.45) is 11.3 Å². The van der Waals surface area contributed by atoms with Crippen LogP contribution in [0.4, 0.5) is 0 Å². The molecule has 0 saturated heterocycles. The summed E-state index contributed by atoms with van der Waals surface area (Å²) in [6.07, 6.45) is 1.49. The van der Waals surface area contributed by atoms with Gasteiger partial charge in [0.1, 0.15) is 12.5 Å². The number of carbonyl (C=O) groups is 2. The van der Waals surface area contributed by atoms with E-state index < -0.39 is 27.8 Å². The van der Waals surface area contributed by atoms with E-state index >= 15 is 0 Å². The molecule has 0 fully saturated rings. The van der Waals surface area contributed by atoms with Crippen LogP contribution in [-0.4, -0.2) is 28.9 Å². The van der Waals surface area contributed by atoms with E-state index in [9.17, 15) is 9.59 Å². The van der Waals surface area contributed by atoms with Crippen molar-refractivity contribution >= 4 is 39.5 Å². The van der Waals surface area contributed by atoms with Gasteiger partial charge in [-0.05, 0) is 43.6 Å². The predicted octanol–water partition coefficient (Wildman–Crippen LogP) is 3.27. The molecule has 0 radical (unpaired) electrons. The van der Waals surface area contributed by atoms with Crippen molar-refractivity contribution in [2.45, 2.75) is 32.2 Å². The average molecular weight is 356 g/mol. The molecule has 0 aromatic rings. The predicted molar refractivity (Wildman–Crippen MR) is 78.2 cm³/mol. The lowest BCUT2D eigenvalue weighted by Crippen LogP contribution is -2.33. The monoisotopic (exact) mass is 354 g/mol. The molecule has 0 rings (SSSR count). The molecule has 0 aliphatic heterocycles. The molecule has 0 aromatic heterocycles. The van der Waals surface area contributed by atoms with Crippen LogP contribution in [0.3, 0.4) is 0 Å². The Morgan fingerprint density at radius 2 is 1.89 bits per heavy atom. The SMILES string of the molecule is C=CC(C)(C)C(=O)OCC(CCl)C(=O)OC(C)(C)Br. The van der Waals surface area contributed by atoms with Gasteiger partial charge in [0.15, 0.2) is 4.51 Å². The lowest BCUT2D eigenvalue weighted by atomic mass is 9.94. The first-order chi connectivity index (χ1) is 8.53. The molecule has 0 saturated carbocycles. The fraction of sp³-hybridized carbons (Fsp3) is 0.692. The van der Waals surface area contributed by atoms with Crippen molar-refractivity contribution in [1.82, 2.24) is 0 Å². The van der Waals surface area contributed by atoms with Crippen molar-refractivity contribution in [1.29, 1.82) is 0 Å². The number of esters is 2. The Balaban J connectivity index is 4.47. The van der Waals surface area contributed by atoms with Gasteiger partial charge in [0.05, 0.1) is 5.41 Å². The van der Waals surface area contributed by atoms with Crippen LogP contribution >= 0.6 is 27.5 Å². The van der Waals surface area contributed by atoms with Crippen LogP contribution in [0.1, 0.15) is 27.7 Å². The van der Waals surface area contributed by atoms with Gasteiger partial charge in [-0.3, -0.25) is 9.59 Å². The molecule has 110 valence electrons. The molecule has 0 amide bonds. The lowest BCUT2D eigenvalue weighted by Gasteiger charge is -2.23. The van der Waals surface area contributed by atoms with Crippen LogP contribution in [0.2, 0.25) is 0 Å². The van der Waals surface area contributed by atoms with Crippen molar-refractivity contribution in [3.05, 3.63) is 12.7 Å². The minimum absolute atomic E-state index is 0.0176. The molecule has 1 atom stereocenters. The first-order valence-corrected chi connectivity index (χ1v) is 7.15. The maximum atomic E-state index is 11.8. The second-order valence-electron chi connectivity index (χ2n) is 5.16. The first kappa shape index (κ1) is 18.4. The van der Waals surface area contributed by atoms with Gasteiger partial charge in [-0.2, -0.15) is 0 Å². The number of halogens is 2. The Morgan fingerprint density at radius 3 is 2.26 bits per heavy atom. The third kappa shape index (κ3) is 6.97. The third-order valence-electron chi connectivity index (χ3n) is 2.31. The van der Waals surface area contributed by atoms with Crippen molar-refractivity contribution < 1.29 is 19.1 Å². The molecule has 0 aliphatic carbocycles. The summed E-state index contributed by atoms with van der Waals surface area (Å²) >= 11 is 8.89. The molecule has 1 unspecified atom stereocenters. The highest BCUT2D eigenvalue weighted by Gasteiger charge is 2.30. The second kappa shape index (κ2) is 7.29. The van der Waals surface area contributed by atoms with Gasteiger partial charge in [0, 0.05) is 5.88 Å².